The summed E-state index contributed by atoms with van der Waals surface area (Å²) in [6, 6.07) is 0. The van der Waals surface area contributed by atoms with E-state index in [2.05, 4.69) is 4.84 Å². The highest BCUT2D eigenvalue weighted by Gasteiger charge is 1.53. The lowest BCUT2D eigenvalue weighted by molar-refractivity contribution is 1.02. The van der Waals surface area contributed by atoms with Crippen LogP contribution < -0.4 is 4.84 Å². The first-order valence-electron chi connectivity index (χ1n) is 1.25. The van der Waals surface area contributed by atoms with Gasteiger partial charge in [-0.15, -0.1) is 29.4 Å². The summed E-state index contributed by atoms with van der Waals surface area (Å²) in [7, 11) is 0. The van der Waals surface area contributed by atoms with Crippen LogP contribution in [0.4, 0.5) is 0 Å². The van der Waals surface area contributed by atoms with Crippen LogP contribution in [0.5, 0.6) is 0 Å². The molecule has 6 heavy (non-hydrogen) atoms. The molecular weight excluding hydrogens is 189 g/mol. The molecule has 0 aliphatic heterocycles. The maximum absolute atomic E-state index is 4.94. The number of halogens is 3. The van der Waals surface area contributed by atoms with E-state index >= 15 is 0 Å². The Labute approximate surface area is 59.7 Å². The Morgan fingerprint density at radius 1 is 1.67 bits per heavy atom. The highest BCUT2D eigenvalue weighted by molar-refractivity contribution is 8.93. The summed E-state index contributed by atoms with van der Waals surface area (Å²) in [5, 5.41) is 0. The Bertz CT molecular complexity index is 13.5. The van der Waals surface area contributed by atoms with Crippen LogP contribution in [0.1, 0.15) is 6.92 Å². The van der Waals surface area contributed by atoms with Crippen LogP contribution in [-0.4, -0.2) is 6.54 Å². The van der Waals surface area contributed by atoms with Crippen LogP contribution in [0.3, 0.4) is 0 Å². The van der Waals surface area contributed by atoms with E-state index in [9.17, 15) is 0 Å². The van der Waals surface area contributed by atoms with E-state index in [1.165, 1.54) is 0 Å². The molecule has 0 aliphatic rings. The maximum atomic E-state index is 4.94. The van der Waals surface area contributed by atoms with Gasteiger partial charge in [-0.25, -0.2) is 4.84 Å². The van der Waals surface area contributed by atoms with E-state index in [0.717, 1.165) is 6.54 Å². The topological polar surface area (TPSA) is 12.0 Å². The molecule has 0 saturated heterocycles. The molecule has 1 N–H and O–H groups in total. The first-order valence-corrected chi connectivity index (χ1v) is 1.63. The molecule has 0 heterocycles. The normalized spacial score (nSPS) is 5.00. The Morgan fingerprint density at radius 3 is 1.83 bits per heavy atom. The van der Waals surface area contributed by atoms with Gasteiger partial charge in [0.2, 0.25) is 0 Å². The minimum Gasteiger partial charge on any atom is -0.234 e. The zero-order chi connectivity index (χ0) is 3.41. The average molecular weight is 197 g/mol. The van der Waals surface area contributed by atoms with Gasteiger partial charge < -0.3 is 0 Å². The second-order valence-electron chi connectivity index (χ2n) is 0.487. The molecule has 0 amide bonds. The molecule has 0 rings (SSSR count). The first kappa shape index (κ1) is 15.7. The molecule has 4 heteroatoms. The largest absolute Gasteiger partial charge is 0.234 e. The predicted octanol–water partition coefficient (Wildman–Crippen LogP) is 1.75. The van der Waals surface area contributed by atoms with E-state index in [1.54, 1.807) is 0 Å². The Hall–Kier alpha value is 1.02. The lowest BCUT2D eigenvalue weighted by atomic mass is 10.8. The van der Waals surface area contributed by atoms with Gasteiger partial charge >= 0.3 is 0 Å². The minimum absolute atomic E-state index is 0. The van der Waals surface area contributed by atoms with Crippen molar-refractivity contribution in [3.8, 4) is 0 Å². The van der Waals surface area contributed by atoms with Crippen molar-refractivity contribution in [2.24, 2.45) is 0 Å². The van der Waals surface area contributed by atoms with Gasteiger partial charge in [-0.1, -0.05) is 6.92 Å². The molecular formula is C2H8BrCl2N. The van der Waals surface area contributed by atoms with Gasteiger partial charge in [0.15, 0.2) is 0 Å². The lowest BCUT2D eigenvalue weighted by Crippen LogP contribution is -1.91. The van der Waals surface area contributed by atoms with Gasteiger partial charge in [0.25, 0.3) is 0 Å². The van der Waals surface area contributed by atoms with Crippen molar-refractivity contribution < 1.29 is 0 Å². The van der Waals surface area contributed by atoms with Crippen molar-refractivity contribution in [3.05, 3.63) is 0 Å². The van der Waals surface area contributed by atoms with Crippen molar-refractivity contribution in [2.45, 2.75) is 6.92 Å². The molecule has 0 spiro atoms. The summed E-state index contributed by atoms with van der Waals surface area (Å²) in [6.45, 7) is 2.77. The number of rotatable bonds is 1. The summed E-state index contributed by atoms with van der Waals surface area (Å²) in [5.41, 5.74) is 0. The molecule has 0 fully saturated rings. The third-order valence-electron chi connectivity index (χ3n) is 0.134. The van der Waals surface area contributed by atoms with E-state index in [0.29, 0.717) is 0 Å². The fourth-order valence-electron chi connectivity index (χ4n) is 0. The third-order valence-corrected chi connectivity index (χ3v) is 0.401. The van der Waals surface area contributed by atoms with Gasteiger partial charge in [0.1, 0.15) is 0 Å². The van der Waals surface area contributed by atoms with Crippen LogP contribution in [0, 0.1) is 0 Å². The summed E-state index contributed by atoms with van der Waals surface area (Å²) in [4.78, 5) is 2.40. The van der Waals surface area contributed by atoms with Crippen LogP contribution in [0.15, 0.2) is 0 Å². The van der Waals surface area contributed by atoms with Gasteiger partial charge in [-0.05, 0) is 11.8 Å². The monoisotopic (exact) mass is 195 g/mol. The highest BCUT2D eigenvalue weighted by atomic mass is 79.9. The molecule has 0 bridgehead atoms. The molecule has 0 atom stereocenters. The first-order chi connectivity index (χ1) is 1.91. The molecule has 0 unspecified atom stereocenters. The molecule has 42 valence electrons. The highest BCUT2D eigenvalue weighted by Crippen LogP contribution is 1.52. The summed E-state index contributed by atoms with van der Waals surface area (Å²) < 4.78 is 0. The molecule has 1 nitrogen and oxygen atoms in total. The van der Waals surface area contributed by atoms with Gasteiger partial charge in [-0.2, -0.15) is 0 Å². The van der Waals surface area contributed by atoms with Crippen LogP contribution in [-0.2, 0) is 0 Å². The van der Waals surface area contributed by atoms with Crippen LogP contribution in [0.25, 0.3) is 0 Å². The zero-order valence-corrected chi connectivity index (χ0v) is 6.69. The summed E-state index contributed by atoms with van der Waals surface area (Å²) >= 11 is 4.94. The van der Waals surface area contributed by atoms with Crippen molar-refractivity contribution in [3.63, 3.8) is 0 Å². The third kappa shape index (κ3) is 19.9. The second-order valence-corrected chi connectivity index (χ2v) is 0.754. The summed E-state index contributed by atoms with van der Waals surface area (Å²) in [5.74, 6) is 0. The SMILES string of the molecule is Br.CCNCl.Cl. The quantitative estimate of drug-likeness (QED) is 0.631. The van der Waals surface area contributed by atoms with E-state index < -0.39 is 0 Å². The van der Waals surface area contributed by atoms with Crippen molar-refractivity contribution in [1.29, 1.82) is 0 Å². The van der Waals surface area contributed by atoms with Gasteiger partial charge in [0, 0.05) is 6.54 Å². The van der Waals surface area contributed by atoms with E-state index in [-0.39, 0.29) is 29.4 Å². The predicted molar refractivity (Wildman–Crippen MR) is 37.1 cm³/mol. The fraction of sp³-hybridized carbons (Fsp3) is 1.00. The molecule has 0 aliphatic carbocycles. The Balaban J connectivity index is -0.0000000450. The fourth-order valence-corrected chi connectivity index (χ4v) is 0. The smallest absolute Gasteiger partial charge is 0.00793 e. The summed E-state index contributed by atoms with van der Waals surface area (Å²) in [6.07, 6.45) is 0. The molecule has 0 aromatic heterocycles. The zero-order valence-electron chi connectivity index (χ0n) is 3.40. The number of hydrogen-bond acceptors (Lipinski definition) is 1. The van der Waals surface area contributed by atoms with Gasteiger partial charge in [-0.3, -0.25) is 0 Å². The standard InChI is InChI=1S/C2H6ClN.BrH.ClH/c1-2-4-3;;/h4H,2H2,1H3;2*1H. The minimum atomic E-state index is 0. The lowest BCUT2D eigenvalue weighted by Gasteiger charge is -1.72. The number of nitrogens with one attached hydrogen (secondary N) is 1. The Kier molecular flexibility index (Phi) is 43.6. The van der Waals surface area contributed by atoms with Crippen molar-refractivity contribution in [2.75, 3.05) is 6.54 Å². The van der Waals surface area contributed by atoms with Crippen LogP contribution >= 0.6 is 41.2 Å². The number of hydrogen-bond donors (Lipinski definition) is 1. The molecule has 0 aromatic carbocycles. The van der Waals surface area contributed by atoms with E-state index in [4.69, 9.17) is 11.8 Å². The van der Waals surface area contributed by atoms with Crippen molar-refractivity contribution in [1.82, 2.24) is 4.84 Å². The van der Waals surface area contributed by atoms with Crippen LogP contribution in [0.2, 0.25) is 0 Å². The molecule has 0 aromatic rings. The van der Waals surface area contributed by atoms with E-state index in [1.807, 2.05) is 6.92 Å². The van der Waals surface area contributed by atoms with Gasteiger partial charge in [0.05, 0.1) is 0 Å². The molecule has 0 saturated carbocycles. The maximum Gasteiger partial charge on any atom is 0.00793 e. The average Bonchev–Trinajstić information content (AvgIpc) is 1.37. The Morgan fingerprint density at radius 2 is 1.83 bits per heavy atom. The van der Waals surface area contributed by atoms with Crippen molar-refractivity contribution >= 4 is 41.2 Å². The molecule has 0 radical (unpaired) electrons. The second kappa shape index (κ2) is 16.6.